The van der Waals surface area contributed by atoms with E-state index in [0.717, 1.165) is 12.1 Å². The Balaban J connectivity index is 1.88. The van der Waals surface area contributed by atoms with Crippen LogP contribution in [0.1, 0.15) is 31.9 Å². The molecule has 7 nitrogen and oxygen atoms in total. The van der Waals surface area contributed by atoms with Gasteiger partial charge in [-0.3, -0.25) is 9.48 Å². The molecule has 0 aromatic carbocycles. The summed E-state index contributed by atoms with van der Waals surface area (Å²) in [5, 5.41) is 18.8. The van der Waals surface area contributed by atoms with Crippen LogP contribution in [0.4, 0.5) is 4.79 Å². The average molecular weight is 280 g/mol. The fourth-order valence-electron chi connectivity index (χ4n) is 2.61. The van der Waals surface area contributed by atoms with Gasteiger partial charge in [0.05, 0.1) is 17.7 Å². The van der Waals surface area contributed by atoms with E-state index in [1.165, 1.54) is 0 Å². The Morgan fingerprint density at radius 3 is 2.95 bits per heavy atom. The maximum Gasteiger partial charge on any atom is 0.315 e. The van der Waals surface area contributed by atoms with Gasteiger partial charge in [-0.05, 0) is 25.8 Å². The Morgan fingerprint density at radius 2 is 2.35 bits per heavy atom. The van der Waals surface area contributed by atoms with Crippen LogP contribution in [0.2, 0.25) is 0 Å². The van der Waals surface area contributed by atoms with Crippen LogP contribution < -0.4 is 10.6 Å². The molecule has 1 saturated carbocycles. The van der Waals surface area contributed by atoms with E-state index in [4.69, 9.17) is 0 Å². The Morgan fingerprint density at radius 1 is 1.60 bits per heavy atom. The number of nitrogens with zero attached hydrogens (tertiary/aromatic N) is 2. The maximum absolute atomic E-state index is 11.9. The van der Waals surface area contributed by atoms with Crippen molar-refractivity contribution in [3.63, 3.8) is 0 Å². The molecule has 0 saturated heterocycles. The van der Waals surface area contributed by atoms with Gasteiger partial charge in [0.2, 0.25) is 0 Å². The number of aryl methyl sites for hydroxylation is 1. The summed E-state index contributed by atoms with van der Waals surface area (Å²) in [7, 11) is 1.80. The Hall–Kier alpha value is -2.05. The quantitative estimate of drug-likeness (QED) is 0.762. The van der Waals surface area contributed by atoms with Crippen molar-refractivity contribution in [2.75, 3.05) is 0 Å². The molecule has 7 heteroatoms. The number of rotatable bonds is 4. The van der Waals surface area contributed by atoms with E-state index < -0.39 is 11.4 Å². The van der Waals surface area contributed by atoms with Gasteiger partial charge in [0.1, 0.15) is 0 Å². The number of nitrogens with one attached hydrogen (secondary N) is 2. The van der Waals surface area contributed by atoms with Crippen LogP contribution >= 0.6 is 0 Å². The van der Waals surface area contributed by atoms with Crippen molar-refractivity contribution >= 4 is 12.0 Å². The zero-order valence-corrected chi connectivity index (χ0v) is 11.7. The van der Waals surface area contributed by atoms with Gasteiger partial charge in [-0.25, -0.2) is 4.79 Å². The molecule has 2 atom stereocenters. The van der Waals surface area contributed by atoms with Gasteiger partial charge in [-0.2, -0.15) is 5.10 Å². The van der Waals surface area contributed by atoms with Crippen molar-refractivity contribution in [1.82, 2.24) is 20.4 Å². The highest BCUT2D eigenvalue weighted by molar-refractivity contribution is 5.79. The van der Waals surface area contributed by atoms with E-state index in [0.29, 0.717) is 19.4 Å². The van der Waals surface area contributed by atoms with Crippen LogP contribution in [0.5, 0.6) is 0 Å². The zero-order valence-electron chi connectivity index (χ0n) is 11.7. The molecule has 0 spiro atoms. The molecule has 1 aliphatic carbocycles. The molecule has 0 radical (unpaired) electrons. The number of hydrogen-bond donors (Lipinski definition) is 3. The SMILES string of the molecule is Cn1nccc1CNC(=O)NC1CCCC1(C)C(=O)O. The van der Waals surface area contributed by atoms with Crippen molar-refractivity contribution < 1.29 is 14.7 Å². The van der Waals surface area contributed by atoms with E-state index in [1.807, 2.05) is 6.07 Å². The molecule has 1 heterocycles. The molecule has 20 heavy (non-hydrogen) atoms. The topological polar surface area (TPSA) is 96.3 Å². The third-order valence-electron chi connectivity index (χ3n) is 4.10. The Kier molecular flexibility index (Phi) is 3.96. The first kappa shape index (κ1) is 14.4. The number of carboxylic acids is 1. The molecular formula is C13H20N4O3. The number of urea groups is 1. The Labute approximate surface area is 117 Å². The number of aliphatic carboxylic acids is 1. The third-order valence-corrected chi connectivity index (χ3v) is 4.10. The molecule has 1 aromatic heterocycles. The lowest BCUT2D eigenvalue weighted by Crippen LogP contribution is -2.50. The molecule has 1 aromatic rings. The number of carbonyl (C=O) groups excluding carboxylic acids is 1. The van der Waals surface area contributed by atoms with Gasteiger partial charge in [0, 0.05) is 19.3 Å². The van der Waals surface area contributed by atoms with Crippen LogP contribution in [0.15, 0.2) is 12.3 Å². The maximum atomic E-state index is 11.9. The van der Waals surface area contributed by atoms with E-state index in [9.17, 15) is 14.7 Å². The van der Waals surface area contributed by atoms with E-state index in [-0.39, 0.29) is 12.1 Å². The lowest BCUT2D eigenvalue weighted by molar-refractivity contribution is -0.148. The summed E-state index contributed by atoms with van der Waals surface area (Å²) < 4.78 is 1.68. The highest BCUT2D eigenvalue weighted by Gasteiger charge is 2.45. The molecule has 2 amide bonds. The average Bonchev–Trinajstić information content (AvgIpc) is 2.95. The summed E-state index contributed by atoms with van der Waals surface area (Å²) in [5.41, 5.74) is 0.0108. The number of carboxylic acid groups (broad SMARTS) is 1. The first-order chi connectivity index (χ1) is 9.43. The minimum Gasteiger partial charge on any atom is -0.481 e. The van der Waals surface area contributed by atoms with Gasteiger partial charge in [-0.1, -0.05) is 6.42 Å². The Bertz CT molecular complexity index is 513. The minimum absolute atomic E-state index is 0.327. The third kappa shape index (κ3) is 2.76. The van der Waals surface area contributed by atoms with Crippen LogP contribution in [-0.4, -0.2) is 32.9 Å². The number of hydrogen-bond acceptors (Lipinski definition) is 3. The van der Waals surface area contributed by atoms with Gasteiger partial charge in [0.15, 0.2) is 0 Å². The summed E-state index contributed by atoms with van der Waals surface area (Å²) >= 11 is 0. The highest BCUT2D eigenvalue weighted by Crippen LogP contribution is 2.38. The van der Waals surface area contributed by atoms with E-state index in [1.54, 1.807) is 24.9 Å². The predicted octanol–water partition coefficient (Wildman–Crippen LogP) is 0.863. The summed E-state index contributed by atoms with van der Waals surface area (Å²) in [4.78, 5) is 23.2. The molecule has 0 bridgehead atoms. The second kappa shape index (κ2) is 5.52. The van der Waals surface area contributed by atoms with E-state index >= 15 is 0 Å². The molecular weight excluding hydrogens is 260 g/mol. The molecule has 0 aliphatic heterocycles. The number of aromatic nitrogens is 2. The van der Waals surface area contributed by atoms with Gasteiger partial charge in [0.25, 0.3) is 0 Å². The summed E-state index contributed by atoms with van der Waals surface area (Å²) in [6.07, 6.45) is 3.76. The molecule has 110 valence electrons. The zero-order chi connectivity index (χ0) is 14.8. The second-order valence-corrected chi connectivity index (χ2v) is 5.44. The fourth-order valence-corrected chi connectivity index (χ4v) is 2.61. The van der Waals surface area contributed by atoms with Crippen LogP contribution in [-0.2, 0) is 18.4 Å². The summed E-state index contributed by atoms with van der Waals surface area (Å²) in [6, 6.07) is 1.15. The summed E-state index contributed by atoms with van der Waals surface area (Å²) in [6.45, 7) is 2.05. The predicted molar refractivity (Wildman–Crippen MR) is 72.0 cm³/mol. The van der Waals surface area contributed by atoms with Crippen LogP contribution in [0.3, 0.4) is 0 Å². The van der Waals surface area contributed by atoms with Crippen molar-refractivity contribution in [1.29, 1.82) is 0 Å². The summed E-state index contributed by atoms with van der Waals surface area (Å²) in [5.74, 6) is -0.855. The number of carbonyl (C=O) groups is 2. The lowest BCUT2D eigenvalue weighted by atomic mass is 9.85. The minimum atomic E-state index is -0.871. The van der Waals surface area contributed by atoms with Crippen molar-refractivity contribution in [3.8, 4) is 0 Å². The van der Waals surface area contributed by atoms with Crippen molar-refractivity contribution in [3.05, 3.63) is 18.0 Å². The van der Waals surface area contributed by atoms with Gasteiger partial charge in [-0.15, -0.1) is 0 Å². The molecule has 2 unspecified atom stereocenters. The van der Waals surface area contributed by atoms with Gasteiger partial charge < -0.3 is 15.7 Å². The first-order valence-corrected chi connectivity index (χ1v) is 6.68. The van der Waals surface area contributed by atoms with Crippen LogP contribution in [0, 0.1) is 5.41 Å². The standard InChI is InChI=1S/C13H20N4O3/c1-13(11(18)19)6-3-4-10(13)16-12(20)14-8-9-5-7-15-17(9)2/h5,7,10H,3-4,6,8H2,1-2H3,(H,18,19)(H2,14,16,20). The van der Waals surface area contributed by atoms with Crippen LogP contribution in [0.25, 0.3) is 0 Å². The fraction of sp³-hybridized carbons (Fsp3) is 0.615. The van der Waals surface area contributed by atoms with Crippen molar-refractivity contribution in [2.45, 2.75) is 38.8 Å². The van der Waals surface area contributed by atoms with Crippen molar-refractivity contribution in [2.24, 2.45) is 12.5 Å². The first-order valence-electron chi connectivity index (χ1n) is 6.68. The normalized spacial score (nSPS) is 25.4. The molecule has 3 N–H and O–H groups in total. The number of amides is 2. The lowest BCUT2D eigenvalue weighted by Gasteiger charge is -2.27. The largest absolute Gasteiger partial charge is 0.481 e. The smallest absolute Gasteiger partial charge is 0.315 e. The molecule has 1 aliphatic rings. The molecule has 2 rings (SSSR count). The van der Waals surface area contributed by atoms with Gasteiger partial charge >= 0.3 is 12.0 Å². The molecule has 1 fully saturated rings. The second-order valence-electron chi connectivity index (χ2n) is 5.44. The monoisotopic (exact) mass is 280 g/mol. The highest BCUT2D eigenvalue weighted by atomic mass is 16.4. The van der Waals surface area contributed by atoms with E-state index in [2.05, 4.69) is 15.7 Å².